The highest BCUT2D eigenvalue weighted by Crippen LogP contribution is 2.29. The molecular formula is C14H28N2. The fourth-order valence-corrected chi connectivity index (χ4v) is 3.46. The van der Waals surface area contributed by atoms with Gasteiger partial charge in [-0.05, 0) is 25.2 Å². The molecule has 2 rings (SSSR count). The summed E-state index contributed by atoms with van der Waals surface area (Å²) in [6.07, 6.45) is 7.14. The van der Waals surface area contributed by atoms with Crippen LogP contribution in [0.15, 0.2) is 0 Å². The minimum Gasteiger partial charge on any atom is -0.310 e. The van der Waals surface area contributed by atoms with E-state index in [9.17, 15) is 0 Å². The SMILES string of the molecule is CC1CCCC(N2CCC(NC(C)C)C2)C1. The quantitative estimate of drug-likeness (QED) is 0.793. The van der Waals surface area contributed by atoms with Gasteiger partial charge in [-0.2, -0.15) is 0 Å². The van der Waals surface area contributed by atoms with Gasteiger partial charge in [0.25, 0.3) is 0 Å². The highest BCUT2D eigenvalue weighted by atomic mass is 15.2. The molecule has 1 saturated carbocycles. The van der Waals surface area contributed by atoms with Crippen LogP contribution in [0, 0.1) is 5.92 Å². The second-order valence-electron chi connectivity index (χ2n) is 6.23. The van der Waals surface area contributed by atoms with Crippen molar-refractivity contribution in [2.75, 3.05) is 13.1 Å². The lowest BCUT2D eigenvalue weighted by Gasteiger charge is -2.34. The van der Waals surface area contributed by atoms with E-state index >= 15 is 0 Å². The minimum absolute atomic E-state index is 0.634. The number of nitrogens with one attached hydrogen (secondary N) is 1. The van der Waals surface area contributed by atoms with Crippen molar-refractivity contribution >= 4 is 0 Å². The van der Waals surface area contributed by atoms with E-state index < -0.39 is 0 Å². The largest absolute Gasteiger partial charge is 0.310 e. The lowest BCUT2D eigenvalue weighted by molar-refractivity contribution is 0.159. The van der Waals surface area contributed by atoms with Gasteiger partial charge >= 0.3 is 0 Å². The average Bonchev–Trinajstić information content (AvgIpc) is 2.65. The monoisotopic (exact) mass is 224 g/mol. The predicted molar refractivity (Wildman–Crippen MR) is 69.7 cm³/mol. The van der Waals surface area contributed by atoms with Gasteiger partial charge in [-0.3, -0.25) is 4.90 Å². The molecule has 1 saturated heterocycles. The number of rotatable bonds is 3. The zero-order chi connectivity index (χ0) is 11.5. The highest BCUT2D eigenvalue weighted by Gasteiger charge is 2.30. The van der Waals surface area contributed by atoms with Crippen LogP contribution in [-0.2, 0) is 0 Å². The van der Waals surface area contributed by atoms with Crippen molar-refractivity contribution in [2.24, 2.45) is 5.92 Å². The summed E-state index contributed by atoms with van der Waals surface area (Å²) in [6, 6.07) is 2.27. The van der Waals surface area contributed by atoms with E-state index in [-0.39, 0.29) is 0 Å². The van der Waals surface area contributed by atoms with Gasteiger partial charge in [0.2, 0.25) is 0 Å². The van der Waals surface area contributed by atoms with Crippen molar-refractivity contribution in [3.05, 3.63) is 0 Å². The summed E-state index contributed by atoms with van der Waals surface area (Å²) in [4.78, 5) is 2.75. The second kappa shape index (κ2) is 5.50. The van der Waals surface area contributed by atoms with Crippen molar-refractivity contribution in [1.29, 1.82) is 0 Å². The zero-order valence-corrected chi connectivity index (χ0v) is 11.2. The van der Waals surface area contributed by atoms with E-state index in [1.165, 1.54) is 45.2 Å². The molecule has 0 bridgehead atoms. The van der Waals surface area contributed by atoms with Crippen LogP contribution in [-0.4, -0.2) is 36.1 Å². The molecule has 1 N–H and O–H groups in total. The number of hydrogen-bond donors (Lipinski definition) is 1. The van der Waals surface area contributed by atoms with E-state index in [1.54, 1.807) is 0 Å². The first-order valence-electron chi connectivity index (χ1n) is 7.15. The lowest BCUT2D eigenvalue weighted by Crippen LogP contribution is -2.41. The van der Waals surface area contributed by atoms with Gasteiger partial charge < -0.3 is 5.32 Å². The van der Waals surface area contributed by atoms with Gasteiger partial charge in [-0.25, -0.2) is 0 Å². The Morgan fingerprint density at radius 1 is 1.19 bits per heavy atom. The summed E-state index contributed by atoms with van der Waals surface area (Å²) in [5.74, 6) is 0.954. The molecule has 1 aliphatic heterocycles. The van der Waals surface area contributed by atoms with Crippen LogP contribution in [0.3, 0.4) is 0 Å². The molecule has 2 nitrogen and oxygen atoms in total. The van der Waals surface area contributed by atoms with Crippen LogP contribution in [0.1, 0.15) is 52.9 Å². The molecule has 3 unspecified atom stereocenters. The molecule has 2 heteroatoms. The van der Waals surface area contributed by atoms with Crippen LogP contribution >= 0.6 is 0 Å². The summed E-state index contributed by atoms with van der Waals surface area (Å²) >= 11 is 0. The second-order valence-corrected chi connectivity index (χ2v) is 6.23. The molecule has 2 fully saturated rings. The normalized spacial score (nSPS) is 37.1. The predicted octanol–water partition coefficient (Wildman–Crippen LogP) is 2.64. The third-order valence-corrected chi connectivity index (χ3v) is 4.21. The van der Waals surface area contributed by atoms with Crippen LogP contribution in [0.2, 0.25) is 0 Å². The molecule has 16 heavy (non-hydrogen) atoms. The standard InChI is InChI=1S/C14H28N2/c1-11(2)15-13-7-8-16(10-13)14-6-4-5-12(3)9-14/h11-15H,4-10H2,1-3H3. The Morgan fingerprint density at radius 2 is 2.00 bits per heavy atom. The first-order chi connectivity index (χ1) is 7.65. The number of hydrogen-bond acceptors (Lipinski definition) is 2. The molecule has 94 valence electrons. The third kappa shape index (κ3) is 3.21. The van der Waals surface area contributed by atoms with Crippen LogP contribution < -0.4 is 5.32 Å². The maximum Gasteiger partial charge on any atom is 0.0209 e. The Hall–Kier alpha value is -0.0800. The van der Waals surface area contributed by atoms with Crippen molar-refractivity contribution in [2.45, 2.75) is 71.0 Å². The van der Waals surface area contributed by atoms with Gasteiger partial charge in [0.1, 0.15) is 0 Å². The highest BCUT2D eigenvalue weighted by molar-refractivity contribution is 4.88. The van der Waals surface area contributed by atoms with Crippen molar-refractivity contribution in [3.8, 4) is 0 Å². The van der Waals surface area contributed by atoms with Gasteiger partial charge in [0.05, 0.1) is 0 Å². The Bertz CT molecular complexity index is 215. The molecule has 0 radical (unpaired) electrons. The Morgan fingerprint density at radius 3 is 2.69 bits per heavy atom. The topological polar surface area (TPSA) is 15.3 Å². The van der Waals surface area contributed by atoms with E-state index in [4.69, 9.17) is 0 Å². The summed E-state index contributed by atoms with van der Waals surface area (Å²) in [5, 5.41) is 3.68. The Kier molecular flexibility index (Phi) is 4.26. The Labute approximate surface area is 101 Å². The van der Waals surface area contributed by atoms with Gasteiger partial charge in [-0.15, -0.1) is 0 Å². The molecule has 1 heterocycles. The van der Waals surface area contributed by atoms with E-state index in [0.29, 0.717) is 6.04 Å². The maximum absolute atomic E-state index is 3.68. The molecule has 0 spiro atoms. The lowest BCUT2D eigenvalue weighted by atomic mass is 9.86. The minimum atomic E-state index is 0.634. The first kappa shape index (κ1) is 12.4. The first-order valence-corrected chi connectivity index (χ1v) is 7.15. The number of likely N-dealkylation sites (tertiary alicyclic amines) is 1. The molecule has 0 aromatic carbocycles. The van der Waals surface area contributed by atoms with E-state index in [0.717, 1.165) is 18.0 Å². The molecule has 0 amide bonds. The van der Waals surface area contributed by atoms with Crippen molar-refractivity contribution in [1.82, 2.24) is 10.2 Å². The zero-order valence-electron chi connectivity index (χ0n) is 11.2. The van der Waals surface area contributed by atoms with Crippen LogP contribution in [0.5, 0.6) is 0 Å². The van der Waals surface area contributed by atoms with Crippen molar-refractivity contribution < 1.29 is 0 Å². The Balaban J connectivity index is 1.79. The van der Waals surface area contributed by atoms with E-state index in [1.807, 2.05) is 0 Å². The van der Waals surface area contributed by atoms with Gasteiger partial charge in [0, 0.05) is 31.2 Å². The maximum atomic E-state index is 3.68. The van der Waals surface area contributed by atoms with Crippen LogP contribution in [0.25, 0.3) is 0 Å². The molecule has 2 aliphatic rings. The van der Waals surface area contributed by atoms with Crippen molar-refractivity contribution in [3.63, 3.8) is 0 Å². The average molecular weight is 224 g/mol. The number of nitrogens with zero attached hydrogens (tertiary/aromatic N) is 1. The van der Waals surface area contributed by atoms with Crippen LogP contribution in [0.4, 0.5) is 0 Å². The fourth-order valence-electron chi connectivity index (χ4n) is 3.46. The molecule has 1 aliphatic carbocycles. The molecule has 0 aromatic heterocycles. The molecule has 0 aromatic rings. The van der Waals surface area contributed by atoms with Gasteiger partial charge in [-0.1, -0.05) is 33.6 Å². The molecular weight excluding hydrogens is 196 g/mol. The summed E-state index contributed by atoms with van der Waals surface area (Å²) < 4.78 is 0. The molecule has 3 atom stereocenters. The smallest absolute Gasteiger partial charge is 0.0209 e. The van der Waals surface area contributed by atoms with Gasteiger partial charge in [0.15, 0.2) is 0 Å². The summed E-state index contributed by atoms with van der Waals surface area (Å²) in [6.45, 7) is 9.54. The summed E-state index contributed by atoms with van der Waals surface area (Å²) in [5.41, 5.74) is 0. The fraction of sp³-hybridized carbons (Fsp3) is 1.00. The van der Waals surface area contributed by atoms with E-state index in [2.05, 4.69) is 31.0 Å². The summed E-state index contributed by atoms with van der Waals surface area (Å²) in [7, 11) is 0. The third-order valence-electron chi connectivity index (χ3n) is 4.21.